The van der Waals surface area contributed by atoms with Crippen LogP contribution in [-0.4, -0.2) is 65.1 Å². The highest BCUT2D eigenvalue weighted by Crippen LogP contribution is 2.51. The lowest BCUT2D eigenvalue weighted by Crippen LogP contribution is -2.46. The highest BCUT2D eigenvalue weighted by Gasteiger charge is 2.62. The maximum atomic E-state index is 12.6. The lowest BCUT2D eigenvalue weighted by Gasteiger charge is -2.38. The quantitative estimate of drug-likeness (QED) is 0.506. The molecule has 0 aliphatic carbocycles. The minimum atomic E-state index is -1.23. The number of esters is 2. The Kier molecular flexibility index (Phi) is 6.43. The largest absolute Gasteiger partial charge is 0.458 e. The second-order valence-electron chi connectivity index (χ2n) is 8.61. The van der Waals surface area contributed by atoms with Crippen molar-refractivity contribution in [1.29, 1.82) is 0 Å². The summed E-state index contributed by atoms with van der Waals surface area (Å²) in [4.78, 5) is 24.9. The maximum absolute atomic E-state index is 12.6. The van der Waals surface area contributed by atoms with Gasteiger partial charge < -0.3 is 29.2 Å². The van der Waals surface area contributed by atoms with Crippen LogP contribution in [0, 0.1) is 11.8 Å². The standard InChI is InChI=1S/C22H32O8/c1-6-12(3)19(25)29-16-9-21(5)17(24)10-22(30-21,27-7-2)14(11-23)8-15-18(16)13(4)20(26)28-15/h6,14-18,23-24H,4,7-11H2,1-3,5H3/b12-6+/t14?,15-,16-,17+,18+,21-,22-/m1/s1. The Balaban J connectivity index is 2.06. The molecule has 2 bridgehead atoms. The number of hydrogen-bond acceptors (Lipinski definition) is 8. The lowest BCUT2D eigenvalue weighted by molar-refractivity contribution is -0.283. The van der Waals surface area contributed by atoms with E-state index >= 15 is 0 Å². The zero-order chi connectivity index (χ0) is 22.3. The number of allylic oxidation sites excluding steroid dienone is 1. The molecule has 3 aliphatic heterocycles. The molecule has 3 fully saturated rings. The van der Waals surface area contributed by atoms with Crippen LogP contribution in [0.2, 0.25) is 0 Å². The molecule has 3 saturated heterocycles. The molecule has 0 aromatic heterocycles. The van der Waals surface area contributed by atoms with Crippen molar-refractivity contribution in [1.82, 2.24) is 0 Å². The summed E-state index contributed by atoms with van der Waals surface area (Å²) in [6, 6.07) is 0. The van der Waals surface area contributed by atoms with Crippen molar-refractivity contribution in [2.24, 2.45) is 11.8 Å². The minimum Gasteiger partial charge on any atom is -0.458 e. The summed E-state index contributed by atoms with van der Waals surface area (Å²) in [5.41, 5.74) is -0.468. The van der Waals surface area contributed by atoms with Gasteiger partial charge in [0.15, 0.2) is 5.79 Å². The SMILES string of the molecule is C=C1C(=O)O[C@@H]2CC(CO)[C@@]3(OCC)C[C@H](O)[C@@](C)(C[C@@H](OC(=O)/C(C)=C/C)[C@@H]12)O3. The number of ether oxygens (including phenoxy) is 4. The predicted molar refractivity (Wildman–Crippen MR) is 106 cm³/mol. The van der Waals surface area contributed by atoms with Gasteiger partial charge >= 0.3 is 11.9 Å². The smallest absolute Gasteiger partial charge is 0.334 e. The molecule has 2 N–H and O–H groups in total. The number of aliphatic hydroxyl groups is 2. The summed E-state index contributed by atoms with van der Waals surface area (Å²) in [7, 11) is 0. The predicted octanol–water partition coefficient (Wildman–Crippen LogP) is 1.64. The van der Waals surface area contributed by atoms with Gasteiger partial charge in [0.05, 0.1) is 24.2 Å². The Morgan fingerprint density at radius 3 is 2.70 bits per heavy atom. The van der Waals surface area contributed by atoms with Gasteiger partial charge in [0.25, 0.3) is 0 Å². The van der Waals surface area contributed by atoms with E-state index in [-0.39, 0.29) is 31.4 Å². The Morgan fingerprint density at radius 1 is 1.40 bits per heavy atom. The average molecular weight is 424 g/mol. The Morgan fingerprint density at radius 2 is 2.10 bits per heavy atom. The van der Waals surface area contributed by atoms with Gasteiger partial charge in [-0.05, 0) is 34.1 Å². The third-order valence-electron chi connectivity index (χ3n) is 6.68. The molecule has 8 nitrogen and oxygen atoms in total. The van der Waals surface area contributed by atoms with Crippen molar-refractivity contribution in [3.63, 3.8) is 0 Å². The first-order valence-corrected chi connectivity index (χ1v) is 10.5. The van der Waals surface area contributed by atoms with Crippen LogP contribution >= 0.6 is 0 Å². The van der Waals surface area contributed by atoms with Crippen LogP contribution in [0.25, 0.3) is 0 Å². The first kappa shape index (κ1) is 22.9. The minimum absolute atomic E-state index is 0.126. The molecule has 8 heteroatoms. The first-order chi connectivity index (χ1) is 14.1. The molecule has 7 atom stereocenters. The van der Waals surface area contributed by atoms with Crippen LogP contribution < -0.4 is 0 Å². The topological polar surface area (TPSA) is 112 Å². The summed E-state index contributed by atoms with van der Waals surface area (Å²) in [5, 5.41) is 21.1. The average Bonchev–Trinajstić information content (AvgIpc) is 3.12. The Bertz CT molecular complexity index is 745. The van der Waals surface area contributed by atoms with Crippen molar-refractivity contribution in [3.05, 3.63) is 23.8 Å². The second kappa shape index (κ2) is 8.42. The molecule has 3 rings (SSSR count). The summed E-state index contributed by atoms with van der Waals surface area (Å²) in [6.07, 6.45) is -0.206. The van der Waals surface area contributed by atoms with Crippen LogP contribution in [0.15, 0.2) is 23.8 Å². The van der Waals surface area contributed by atoms with E-state index in [9.17, 15) is 19.8 Å². The van der Waals surface area contributed by atoms with Gasteiger partial charge in [-0.15, -0.1) is 0 Å². The fourth-order valence-corrected chi connectivity index (χ4v) is 4.84. The molecule has 0 radical (unpaired) electrons. The number of rotatable bonds is 5. The highest BCUT2D eigenvalue weighted by atomic mass is 16.7. The summed E-state index contributed by atoms with van der Waals surface area (Å²) < 4.78 is 23.6. The molecule has 168 valence electrons. The first-order valence-electron chi connectivity index (χ1n) is 10.5. The van der Waals surface area contributed by atoms with Gasteiger partial charge in [0, 0.05) is 36.5 Å². The Labute approximate surface area is 176 Å². The van der Waals surface area contributed by atoms with Crippen LogP contribution in [-0.2, 0) is 28.5 Å². The number of carbonyl (C=O) groups is 2. The molecule has 0 saturated carbocycles. The van der Waals surface area contributed by atoms with Gasteiger partial charge in [-0.3, -0.25) is 0 Å². The van der Waals surface area contributed by atoms with E-state index in [1.807, 2.05) is 6.92 Å². The van der Waals surface area contributed by atoms with E-state index in [1.54, 1.807) is 26.8 Å². The lowest BCUT2D eigenvalue weighted by atomic mass is 9.77. The van der Waals surface area contributed by atoms with E-state index in [2.05, 4.69) is 6.58 Å². The molecule has 0 aromatic carbocycles. The van der Waals surface area contributed by atoms with Crippen molar-refractivity contribution >= 4 is 11.9 Å². The monoisotopic (exact) mass is 424 g/mol. The molecule has 3 heterocycles. The highest BCUT2D eigenvalue weighted by molar-refractivity contribution is 5.91. The molecule has 0 spiro atoms. The van der Waals surface area contributed by atoms with Gasteiger partial charge in [-0.1, -0.05) is 12.7 Å². The van der Waals surface area contributed by atoms with Gasteiger partial charge in [-0.25, -0.2) is 9.59 Å². The summed E-state index contributed by atoms with van der Waals surface area (Å²) in [5.74, 6) is -3.44. The molecule has 1 unspecified atom stereocenters. The maximum Gasteiger partial charge on any atom is 0.334 e. The van der Waals surface area contributed by atoms with E-state index in [0.717, 1.165) is 0 Å². The second-order valence-corrected chi connectivity index (χ2v) is 8.61. The zero-order valence-electron chi connectivity index (χ0n) is 18.1. The number of fused-ring (bicyclic) bond motifs is 3. The summed E-state index contributed by atoms with van der Waals surface area (Å²) >= 11 is 0. The van der Waals surface area contributed by atoms with Gasteiger partial charge in [0.1, 0.15) is 12.2 Å². The third kappa shape index (κ3) is 3.82. The third-order valence-corrected chi connectivity index (χ3v) is 6.68. The van der Waals surface area contributed by atoms with Crippen molar-refractivity contribution in [2.45, 2.75) is 76.7 Å². The van der Waals surface area contributed by atoms with Crippen LogP contribution in [0.3, 0.4) is 0 Å². The van der Waals surface area contributed by atoms with Gasteiger partial charge in [0.2, 0.25) is 0 Å². The Hall–Kier alpha value is -1.74. The van der Waals surface area contributed by atoms with E-state index in [0.29, 0.717) is 12.2 Å². The molecule has 0 amide bonds. The molecule has 30 heavy (non-hydrogen) atoms. The zero-order valence-corrected chi connectivity index (χ0v) is 18.1. The van der Waals surface area contributed by atoms with Crippen LogP contribution in [0.4, 0.5) is 0 Å². The molecule has 3 aliphatic rings. The van der Waals surface area contributed by atoms with E-state index in [1.165, 1.54) is 0 Å². The van der Waals surface area contributed by atoms with Crippen molar-refractivity contribution < 1.29 is 38.7 Å². The van der Waals surface area contributed by atoms with Crippen LogP contribution in [0.5, 0.6) is 0 Å². The number of aliphatic hydroxyl groups excluding tert-OH is 2. The molecule has 0 aromatic rings. The fourth-order valence-electron chi connectivity index (χ4n) is 4.84. The van der Waals surface area contributed by atoms with Crippen molar-refractivity contribution in [3.8, 4) is 0 Å². The van der Waals surface area contributed by atoms with Gasteiger partial charge in [-0.2, -0.15) is 0 Å². The fraction of sp³-hybridized carbons (Fsp3) is 0.727. The molecular weight excluding hydrogens is 392 g/mol. The van der Waals surface area contributed by atoms with E-state index in [4.69, 9.17) is 18.9 Å². The molecular formula is C22H32O8. The number of carbonyl (C=O) groups excluding carboxylic acids is 2. The van der Waals surface area contributed by atoms with E-state index < -0.39 is 53.5 Å². The summed E-state index contributed by atoms with van der Waals surface area (Å²) in [6.45, 7) is 10.8. The van der Waals surface area contributed by atoms with Crippen LogP contribution in [0.1, 0.15) is 47.0 Å². The normalized spacial score (nSPS) is 41.5. The van der Waals surface area contributed by atoms with Crippen molar-refractivity contribution in [2.75, 3.05) is 13.2 Å². The number of hydrogen-bond donors (Lipinski definition) is 2.